The molecule has 0 bridgehead atoms. The maximum atomic E-state index is 13.3. The van der Waals surface area contributed by atoms with Gasteiger partial charge in [0.15, 0.2) is 5.82 Å². The van der Waals surface area contributed by atoms with Gasteiger partial charge in [0.2, 0.25) is 0 Å². The average Bonchev–Trinajstić information content (AvgIpc) is 2.32. The van der Waals surface area contributed by atoms with Crippen LogP contribution in [0.2, 0.25) is 0 Å². The van der Waals surface area contributed by atoms with E-state index in [0.29, 0.717) is 5.82 Å². The molecule has 4 nitrogen and oxygen atoms in total. The Morgan fingerprint density at radius 2 is 2.18 bits per heavy atom. The molecule has 2 heterocycles. The second-order valence-corrected chi connectivity index (χ2v) is 3.48. The van der Waals surface area contributed by atoms with Gasteiger partial charge >= 0.3 is 0 Å². The Morgan fingerprint density at radius 1 is 1.35 bits per heavy atom. The van der Waals surface area contributed by atoms with E-state index in [1.165, 1.54) is 12.3 Å². The fourth-order valence-corrected chi connectivity index (χ4v) is 1.35. The zero-order valence-corrected chi connectivity index (χ0v) is 9.14. The molecule has 0 fully saturated rings. The fourth-order valence-electron chi connectivity index (χ4n) is 1.35. The molecule has 1 amide bonds. The number of amides is 1. The molecular weight excluding hydrogens is 221 g/mol. The minimum absolute atomic E-state index is 0.0509. The lowest BCUT2D eigenvalue weighted by molar-refractivity contribution is 0.102. The largest absolute Gasteiger partial charge is 0.306 e. The molecule has 5 heteroatoms. The summed E-state index contributed by atoms with van der Waals surface area (Å²) in [5, 5.41) is 2.55. The standard InChI is InChI=1S/C12H10FN3O/c1-8-3-2-5-15-11(8)16-12(17)9-4-6-14-7-10(9)13/h2-7H,1H3,(H,15,16,17). The van der Waals surface area contributed by atoms with Crippen molar-refractivity contribution in [3.05, 3.63) is 53.7 Å². The first kappa shape index (κ1) is 11.2. The van der Waals surface area contributed by atoms with E-state index in [2.05, 4.69) is 15.3 Å². The second kappa shape index (κ2) is 4.69. The molecule has 2 rings (SSSR count). The van der Waals surface area contributed by atoms with Gasteiger partial charge in [-0.3, -0.25) is 9.78 Å². The van der Waals surface area contributed by atoms with Crippen LogP contribution in [0, 0.1) is 12.7 Å². The van der Waals surface area contributed by atoms with Crippen LogP contribution in [0.25, 0.3) is 0 Å². The molecule has 0 spiro atoms. The summed E-state index contributed by atoms with van der Waals surface area (Å²) in [6.45, 7) is 1.81. The van der Waals surface area contributed by atoms with E-state index < -0.39 is 11.7 Å². The third kappa shape index (κ3) is 2.44. The van der Waals surface area contributed by atoms with Gasteiger partial charge in [-0.2, -0.15) is 0 Å². The number of aromatic nitrogens is 2. The van der Waals surface area contributed by atoms with Crippen LogP contribution in [0.1, 0.15) is 15.9 Å². The average molecular weight is 231 g/mol. The normalized spacial score (nSPS) is 10.0. The molecular formula is C12H10FN3O. The van der Waals surface area contributed by atoms with Crippen molar-refractivity contribution in [3.8, 4) is 0 Å². The van der Waals surface area contributed by atoms with Crippen LogP contribution in [0.5, 0.6) is 0 Å². The maximum absolute atomic E-state index is 13.3. The number of carbonyl (C=O) groups is 1. The summed E-state index contributed by atoms with van der Waals surface area (Å²) in [6.07, 6.45) is 3.93. The summed E-state index contributed by atoms with van der Waals surface area (Å²) >= 11 is 0. The predicted molar refractivity (Wildman–Crippen MR) is 61.1 cm³/mol. The Labute approximate surface area is 97.5 Å². The van der Waals surface area contributed by atoms with Crippen LogP contribution >= 0.6 is 0 Å². The summed E-state index contributed by atoms with van der Waals surface area (Å²) in [4.78, 5) is 19.4. The van der Waals surface area contributed by atoms with Crippen molar-refractivity contribution >= 4 is 11.7 Å². The number of nitrogens with zero attached hydrogens (tertiary/aromatic N) is 2. The van der Waals surface area contributed by atoms with Crippen LogP contribution in [0.3, 0.4) is 0 Å². The summed E-state index contributed by atoms with van der Waals surface area (Å²) in [5.41, 5.74) is 0.764. The third-order valence-corrected chi connectivity index (χ3v) is 2.26. The summed E-state index contributed by atoms with van der Waals surface area (Å²) in [7, 11) is 0. The molecule has 0 aromatic carbocycles. The molecule has 2 aromatic heterocycles. The van der Waals surface area contributed by atoms with Gasteiger partial charge in [0.25, 0.3) is 5.91 Å². The molecule has 0 unspecified atom stereocenters. The van der Waals surface area contributed by atoms with Crippen molar-refractivity contribution in [1.29, 1.82) is 0 Å². The highest BCUT2D eigenvalue weighted by Gasteiger charge is 2.12. The SMILES string of the molecule is Cc1cccnc1NC(=O)c1ccncc1F. The van der Waals surface area contributed by atoms with Crippen molar-refractivity contribution in [2.24, 2.45) is 0 Å². The fraction of sp³-hybridized carbons (Fsp3) is 0.0833. The van der Waals surface area contributed by atoms with Crippen molar-refractivity contribution in [1.82, 2.24) is 9.97 Å². The van der Waals surface area contributed by atoms with Gasteiger partial charge in [0.1, 0.15) is 5.82 Å². The number of rotatable bonds is 2. The van der Waals surface area contributed by atoms with Crippen LogP contribution < -0.4 is 5.32 Å². The van der Waals surface area contributed by atoms with Crippen LogP contribution in [-0.4, -0.2) is 15.9 Å². The zero-order chi connectivity index (χ0) is 12.3. The van der Waals surface area contributed by atoms with Gasteiger partial charge in [-0.15, -0.1) is 0 Å². The first-order chi connectivity index (χ1) is 8.18. The lowest BCUT2D eigenvalue weighted by atomic mass is 10.2. The number of nitrogens with one attached hydrogen (secondary N) is 1. The van der Waals surface area contributed by atoms with Gasteiger partial charge < -0.3 is 5.32 Å². The number of halogens is 1. The predicted octanol–water partition coefficient (Wildman–Crippen LogP) is 2.18. The molecule has 2 aromatic rings. The Hall–Kier alpha value is -2.30. The molecule has 0 atom stereocenters. The van der Waals surface area contributed by atoms with Gasteiger partial charge in [-0.25, -0.2) is 9.37 Å². The zero-order valence-electron chi connectivity index (χ0n) is 9.14. The Morgan fingerprint density at radius 3 is 2.88 bits per heavy atom. The molecule has 0 saturated carbocycles. The molecule has 0 aliphatic heterocycles. The minimum atomic E-state index is -0.654. The van der Waals surface area contributed by atoms with E-state index in [0.717, 1.165) is 11.8 Å². The number of anilines is 1. The third-order valence-electron chi connectivity index (χ3n) is 2.26. The van der Waals surface area contributed by atoms with E-state index >= 15 is 0 Å². The van der Waals surface area contributed by atoms with E-state index in [1.807, 2.05) is 13.0 Å². The van der Waals surface area contributed by atoms with E-state index in [-0.39, 0.29) is 5.56 Å². The van der Waals surface area contributed by atoms with Gasteiger partial charge in [0.05, 0.1) is 11.8 Å². The second-order valence-electron chi connectivity index (χ2n) is 3.48. The molecule has 0 saturated heterocycles. The van der Waals surface area contributed by atoms with Crippen molar-refractivity contribution in [2.75, 3.05) is 5.32 Å². The van der Waals surface area contributed by atoms with E-state index in [4.69, 9.17) is 0 Å². The summed E-state index contributed by atoms with van der Waals surface area (Å²) < 4.78 is 13.3. The number of hydrogen-bond acceptors (Lipinski definition) is 3. The first-order valence-corrected chi connectivity index (χ1v) is 5.01. The number of pyridine rings is 2. The van der Waals surface area contributed by atoms with Gasteiger partial charge in [-0.1, -0.05) is 6.07 Å². The maximum Gasteiger partial charge on any atom is 0.259 e. The number of hydrogen-bond donors (Lipinski definition) is 1. The molecule has 0 aliphatic rings. The molecule has 0 aliphatic carbocycles. The quantitative estimate of drug-likeness (QED) is 0.861. The Bertz CT molecular complexity index is 557. The lowest BCUT2D eigenvalue weighted by Gasteiger charge is -2.06. The van der Waals surface area contributed by atoms with Crippen LogP contribution in [0.15, 0.2) is 36.8 Å². The van der Waals surface area contributed by atoms with E-state index in [9.17, 15) is 9.18 Å². The Kier molecular flexibility index (Phi) is 3.09. The van der Waals surface area contributed by atoms with Crippen molar-refractivity contribution < 1.29 is 9.18 Å². The summed E-state index contributed by atoms with van der Waals surface area (Å²) in [5.74, 6) is -0.765. The highest BCUT2D eigenvalue weighted by Crippen LogP contribution is 2.12. The highest BCUT2D eigenvalue weighted by molar-refractivity contribution is 6.04. The molecule has 0 radical (unpaired) electrons. The number of aryl methyl sites for hydroxylation is 1. The van der Waals surface area contributed by atoms with Gasteiger partial charge in [0, 0.05) is 12.4 Å². The number of carbonyl (C=O) groups excluding carboxylic acids is 1. The minimum Gasteiger partial charge on any atom is -0.306 e. The van der Waals surface area contributed by atoms with Crippen molar-refractivity contribution in [2.45, 2.75) is 6.92 Å². The topological polar surface area (TPSA) is 54.9 Å². The summed E-state index contributed by atoms with van der Waals surface area (Å²) in [6, 6.07) is 4.90. The highest BCUT2D eigenvalue weighted by atomic mass is 19.1. The van der Waals surface area contributed by atoms with Crippen molar-refractivity contribution in [3.63, 3.8) is 0 Å². The smallest absolute Gasteiger partial charge is 0.259 e. The van der Waals surface area contributed by atoms with Crippen LogP contribution in [0.4, 0.5) is 10.2 Å². The van der Waals surface area contributed by atoms with Gasteiger partial charge in [-0.05, 0) is 24.6 Å². The van der Waals surface area contributed by atoms with Crippen LogP contribution in [-0.2, 0) is 0 Å². The molecule has 17 heavy (non-hydrogen) atoms. The first-order valence-electron chi connectivity index (χ1n) is 5.01. The lowest BCUT2D eigenvalue weighted by Crippen LogP contribution is -2.15. The monoisotopic (exact) mass is 231 g/mol. The van der Waals surface area contributed by atoms with E-state index in [1.54, 1.807) is 12.3 Å². The molecule has 1 N–H and O–H groups in total. The Balaban J connectivity index is 2.24. The molecule has 86 valence electrons.